The summed E-state index contributed by atoms with van der Waals surface area (Å²) in [5, 5.41) is 17.3. The smallest absolute Gasteiger partial charge is 0.346 e. The number of aromatic nitrogens is 2. The van der Waals surface area contributed by atoms with E-state index in [0.29, 0.717) is 45.4 Å². The maximum Gasteiger partial charge on any atom is 0.433 e. The van der Waals surface area contributed by atoms with Crippen LogP contribution >= 0.6 is 0 Å². The van der Waals surface area contributed by atoms with Gasteiger partial charge in [-0.05, 0) is 45.3 Å². The fourth-order valence-electron chi connectivity index (χ4n) is 5.42. The molecule has 2 fully saturated rings. The third-order valence-electron chi connectivity index (χ3n) is 7.69. The molecule has 0 saturated carbocycles. The van der Waals surface area contributed by atoms with Gasteiger partial charge in [0.1, 0.15) is 22.8 Å². The van der Waals surface area contributed by atoms with Gasteiger partial charge in [0, 0.05) is 62.8 Å². The standard InChI is InChI=1S/C27H33F3N8O/c1-5-23(27(28,29)30)35-19(3)25(39)36-12-7-21(8-13-36)37-16-26(17-37,9-10-31)38-15-20(14-34-38)18(2)22-6-11-33-24(22)32-4/h5-6,11,14-15,21H,7-9,12-13,16-17H2,1-4H3,(H,32,33)/b22-18+,23-5-,35-19?. The van der Waals surface area contributed by atoms with Crippen LogP contribution in [0.15, 0.2) is 52.0 Å². The number of hydrogen-bond donors (Lipinski definition) is 1. The Morgan fingerprint density at radius 2 is 2.00 bits per heavy atom. The summed E-state index contributed by atoms with van der Waals surface area (Å²) < 4.78 is 40.9. The minimum atomic E-state index is -4.60. The monoisotopic (exact) mass is 542 g/mol. The van der Waals surface area contributed by atoms with E-state index in [2.05, 4.69) is 31.4 Å². The molecule has 0 aliphatic carbocycles. The molecule has 3 aliphatic rings. The number of nitrogens with one attached hydrogen (secondary N) is 1. The Morgan fingerprint density at radius 3 is 2.59 bits per heavy atom. The van der Waals surface area contributed by atoms with Crippen LogP contribution in [0.25, 0.3) is 5.57 Å². The molecule has 4 heterocycles. The Kier molecular flexibility index (Phi) is 8.11. The number of rotatable bonds is 6. The Balaban J connectivity index is 1.38. The summed E-state index contributed by atoms with van der Waals surface area (Å²) in [5.41, 5.74) is 1.34. The summed E-state index contributed by atoms with van der Waals surface area (Å²) in [6, 6.07) is 2.54. The number of aliphatic imine (C=N–C) groups is 2. The Labute approximate surface area is 226 Å². The first-order valence-electron chi connectivity index (χ1n) is 12.9. The topological polar surface area (TPSA) is 102 Å². The number of carbonyl (C=O) groups excluding carboxylic acids is 1. The molecule has 0 atom stereocenters. The number of hydrogen-bond acceptors (Lipinski definition) is 6. The molecule has 0 spiro atoms. The van der Waals surface area contributed by atoms with Crippen molar-refractivity contribution >= 4 is 23.0 Å². The van der Waals surface area contributed by atoms with Crippen molar-refractivity contribution in [1.82, 2.24) is 24.9 Å². The summed E-state index contributed by atoms with van der Waals surface area (Å²) in [5.74, 6) is 0.326. The molecule has 3 aliphatic heterocycles. The molecular weight excluding hydrogens is 509 g/mol. The Hall–Kier alpha value is -3.72. The van der Waals surface area contributed by atoms with Gasteiger partial charge in [-0.2, -0.15) is 23.5 Å². The number of likely N-dealkylation sites (tertiary alicyclic amines) is 2. The molecule has 0 radical (unpaired) electrons. The maximum absolute atomic E-state index is 13.0. The normalized spacial score (nSPS) is 23.0. The molecule has 2 saturated heterocycles. The van der Waals surface area contributed by atoms with Crippen LogP contribution in [0.4, 0.5) is 13.2 Å². The molecule has 1 aromatic rings. The highest BCUT2D eigenvalue weighted by Crippen LogP contribution is 2.37. The highest BCUT2D eigenvalue weighted by molar-refractivity contribution is 6.38. The van der Waals surface area contributed by atoms with Crippen LogP contribution in [0.1, 0.15) is 45.6 Å². The summed E-state index contributed by atoms with van der Waals surface area (Å²) in [7, 11) is 1.74. The van der Waals surface area contributed by atoms with E-state index in [1.54, 1.807) is 11.9 Å². The summed E-state index contributed by atoms with van der Waals surface area (Å²) >= 11 is 0. The zero-order chi connectivity index (χ0) is 28.4. The average Bonchev–Trinajstić information content (AvgIpc) is 3.58. The lowest BCUT2D eigenvalue weighted by Gasteiger charge is -2.53. The Morgan fingerprint density at radius 1 is 1.31 bits per heavy atom. The van der Waals surface area contributed by atoms with Crippen LogP contribution in [0, 0.1) is 11.3 Å². The third kappa shape index (κ3) is 5.68. The largest absolute Gasteiger partial charge is 0.433 e. The number of carbonyl (C=O) groups is 1. The number of nitriles is 1. The van der Waals surface area contributed by atoms with Crippen molar-refractivity contribution in [3.8, 4) is 6.07 Å². The van der Waals surface area contributed by atoms with Crippen LogP contribution in [-0.4, -0.2) is 82.5 Å². The number of alkyl halides is 3. The van der Waals surface area contributed by atoms with Crippen molar-refractivity contribution in [2.45, 2.75) is 57.8 Å². The van der Waals surface area contributed by atoms with Crippen molar-refractivity contribution in [3.63, 3.8) is 0 Å². The predicted octanol–water partition coefficient (Wildman–Crippen LogP) is 3.64. The lowest BCUT2D eigenvalue weighted by Crippen LogP contribution is -2.66. The number of piperidine rings is 1. The van der Waals surface area contributed by atoms with Crippen LogP contribution in [0.5, 0.6) is 0 Å². The zero-order valence-electron chi connectivity index (χ0n) is 22.6. The zero-order valence-corrected chi connectivity index (χ0v) is 22.6. The van der Waals surface area contributed by atoms with Gasteiger partial charge >= 0.3 is 6.18 Å². The fraction of sp³-hybridized carbons (Fsp3) is 0.519. The Bertz CT molecular complexity index is 1300. The molecule has 0 aromatic carbocycles. The van der Waals surface area contributed by atoms with Crippen molar-refractivity contribution in [2.24, 2.45) is 9.98 Å². The quantitative estimate of drug-likeness (QED) is 0.553. The predicted molar refractivity (Wildman–Crippen MR) is 143 cm³/mol. The van der Waals surface area contributed by atoms with E-state index >= 15 is 0 Å². The minimum absolute atomic E-state index is 0.170. The van der Waals surface area contributed by atoms with E-state index in [1.807, 2.05) is 36.3 Å². The molecule has 1 aromatic heterocycles. The molecule has 9 nitrogen and oxygen atoms in total. The maximum atomic E-state index is 13.0. The SMILES string of the molecule is C/C=C(\N=C(C)C(=O)N1CCC(N2CC(CC#N)(n3cc(/C(C)=C4\C=CNC4=NC)cn3)C2)CC1)C(F)(F)F. The molecule has 4 rings (SSSR count). The average molecular weight is 543 g/mol. The van der Waals surface area contributed by atoms with E-state index < -0.39 is 23.3 Å². The van der Waals surface area contributed by atoms with Gasteiger partial charge in [-0.3, -0.25) is 19.4 Å². The van der Waals surface area contributed by atoms with E-state index in [0.717, 1.165) is 28.6 Å². The number of nitrogens with zero attached hydrogens (tertiary/aromatic N) is 7. The molecule has 208 valence electrons. The van der Waals surface area contributed by atoms with Gasteiger partial charge in [0.05, 0.1) is 18.7 Å². The van der Waals surface area contributed by atoms with E-state index in [9.17, 15) is 23.2 Å². The van der Waals surface area contributed by atoms with Gasteiger partial charge in [-0.15, -0.1) is 0 Å². The number of amides is 1. The first kappa shape index (κ1) is 28.3. The van der Waals surface area contributed by atoms with Gasteiger partial charge in [-0.25, -0.2) is 4.99 Å². The number of amidine groups is 1. The van der Waals surface area contributed by atoms with E-state index in [1.165, 1.54) is 13.8 Å². The van der Waals surface area contributed by atoms with Crippen molar-refractivity contribution in [2.75, 3.05) is 33.2 Å². The molecule has 1 N–H and O–H groups in total. The summed E-state index contributed by atoms with van der Waals surface area (Å²) in [4.78, 5) is 24.4. The van der Waals surface area contributed by atoms with Crippen LogP contribution in [-0.2, 0) is 10.3 Å². The number of allylic oxidation sites excluding steroid dienone is 3. The lowest BCUT2D eigenvalue weighted by molar-refractivity contribution is -0.126. The molecule has 0 bridgehead atoms. The second-order valence-electron chi connectivity index (χ2n) is 10.1. The van der Waals surface area contributed by atoms with Gasteiger partial charge in [0.15, 0.2) is 0 Å². The second kappa shape index (κ2) is 11.2. The minimum Gasteiger partial charge on any atom is -0.346 e. The van der Waals surface area contributed by atoms with Gasteiger partial charge < -0.3 is 10.2 Å². The second-order valence-corrected chi connectivity index (χ2v) is 10.1. The highest BCUT2D eigenvalue weighted by atomic mass is 19.4. The third-order valence-corrected chi connectivity index (χ3v) is 7.69. The summed E-state index contributed by atoms with van der Waals surface area (Å²) in [6.45, 7) is 6.80. The van der Waals surface area contributed by atoms with Gasteiger partial charge in [0.25, 0.3) is 5.91 Å². The fourth-order valence-corrected chi connectivity index (χ4v) is 5.42. The molecule has 39 heavy (non-hydrogen) atoms. The van der Waals surface area contributed by atoms with Crippen LogP contribution < -0.4 is 5.32 Å². The molecule has 12 heteroatoms. The molecule has 0 unspecified atom stereocenters. The van der Waals surface area contributed by atoms with Crippen LogP contribution in [0.2, 0.25) is 0 Å². The first-order valence-corrected chi connectivity index (χ1v) is 12.9. The van der Waals surface area contributed by atoms with E-state index in [4.69, 9.17) is 0 Å². The van der Waals surface area contributed by atoms with Crippen molar-refractivity contribution in [1.29, 1.82) is 5.26 Å². The van der Waals surface area contributed by atoms with Gasteiger partial charge in [-0.1, -0.05) is 6.08 Å². The first-order chi connectivity index (χ1) is 18.5. The van der Waals surface area contributed by atoms with Crippen molar-refractivity contribution in [3.05, 3.63) is 47.6 Å². The molecule has 1 amide bonds. The van der Waals surface area contributed by atoms with Crippen LogP contribution in [0.3, 0.4) is 0 Å². The van der Waals surface area contributed by atoms with E-state index in [-0.39, 0.29) is 11.8 Å². The lowest BCUT2D eigenvalue weighted by atomic mass is 9.83. The molecular formula is C27H33F3N8O. The van der Waals surface area contributed by atoms with Crippen molar-refractivity contribution < 1.29 is 18.0 Å². The van der Waals surface area contributed by atoms with Gasteiger partial charge in [0.2, 0.25) is 0 Å². The number of halogens is 3. The summed E-state index contributed by atoms with van der Waals surface area (Å²) in [6.07, 6.45) is 5.61. The highest BCUT2D eigenvalue weighted by Gasteiger charge is 2.48.